The Bertz CT molecular complexity index is 874. The molecule has 3 rings (SSSR count). The molecule has 1 aliphatic rings. The van der Waals surface area contributed by atoms with E-state index in [4.69, 9.17) is 9.47 Å². The number of benzene rings is 1. The molecule has 152 valence electrons. The van der Waals surface area contributed by atoms with Crippen molar-refractivity contribution in [1.82, 2.24) is 10.2 Å². The van der Waals surface area contributed by atoms with Crippen LogP contribution in [0, 0.1) is 12.8 Å². The average molecular weight is 395 g/mol. The van der Waals surface area contributed by atoms with Crippen LogP contribution in [0.5, 0.6) is 0 Å². The third kappa shape index (κ3) is 5.82. The Labute approximate surface area is 171 Å². The topological polar surface area (TPSA) is 56.3 Å². The molecule has 0 bridgehead atoms. The highest BCUT2D eigenvalue weighted by molar-refractivity contribution is 5.60. The van der Waals surface area contributed by atoms with Crippen molar-refractivity contribution in [1.29, 1.82) is 0 Å². The molecule has 0 saturated carbocycles. The Balaban J connectivity index is 1.70. The molecule has 0 radical (unpaired) electrons. The average Bonchev–Trinajstić information content (AvgIpc) is 3.23. The van der Waals surface area contributed by atoms with E-state index in [0.29, 0.717) is 37.6 Å². The van der Waals surface area contributed by atoms with Crippen LogP contribution in [0.25, 0.3) is 11.3 Å². The molecule has 1 aromatic carbocycles. The molecule has 2 aromatic rings. The van der Waals surface area contributed by atoms with Gasteiger partial charge < -0.3 is 14.8 Å². The van der Waals surface area contributed by atoms with E-state index in [1.807, 2.05) is 37.3 Å². The summed E-state index contributed by atoms with van der Waals surface area (Å²) in [5, 5.41) is 11.8. The molecule has 2 heterocycles. The summed E-state index contributed by atoms with van der Waals surface area (Å²) in [6.45, 7) is 10.7. The normalized spacial score (nSPS) is 15.9. The van der Waals surface area contributed by atoms with Crippen LogP contribution in [0.2, 0.25) is 0 Å². The van der Waals surface area contributed by atoms with Crippen LogP contribution in [-0.2, 0) is 9.47 Å². The van der Waals surface area contributed by atoms with Crippen molar-refractivity contribution < 1.29 is 13.9 Å². The lowest BCUT2D eigenvalue weighted by Crippen LogP contribution is -2.23. The van der Waals surface area contributed by atoms with E-state index >= 15 is 0 Å². The minimum atomic E-state index is -0.490. The summed E-state index contributed by atoms with van der Waals surface area (Å²) in [6, 6.07) is 11.9. The van der Waals surface area contributed by atoms with Gasteiger partial charge in [0.2, 0.25) is 0 Å². The number of rotatable bonds is 9. The van der Waals surface area contributed by atoms with Gasteiger partial charge in [-0.3, -0.25) is 0 Å². The van der Waals surface area contributed by atoms with E-state index in [9.17, 15) is 4.39 Å². The lowest BCUT2D eigenvalue weighted by molar-refractivity contribution is -0.0533. The Morgan fingerprint density at radius 3 is 2.69 bits per heavy atom. The van der Waals surface area contributed by atoms with Crippen molar-refractivity contribution >= 4 is 5.82 Å². The Morgan fingerprint density at radius 2 is 2.07 bits per heavy atom. The van der Waals surface area contributed by atoms with E-state index < -0.39 is 5.83 Å². The maximum atomic E-state index is 14.0. The van der Waals surface area contributed by atoms with Gasteiger partial charge in [0.15, 0.2) is 6.29 Å². The van der Waals surface area contributed by atoms with Crippen LogP contribution < -0.4 is 5.32 Å². The number of ether oxygens (including phenoxy) is 2. The first-order chi connectivity index (χ1) is 14.1. The first-order valence-corrected chi connectivity index (χ1v) is 9.62. The number of nitrogens with one attached hydrogen (secondary N) is 1. The van der Waals surface area contributed by atoms with Crippen LogP contribution in [0.4, 0.5) is 10.2 Å². The minimum absolute atomic E-state index is 0.216. The van der Waals surface area contributed by atoms with Gasteiger partial charge in [0.1, 0.15) is 11.6 Å². The summed E-state index contributed by atoms with van der Waals surface area (Å²) in [5.41, 5.74) is 3.45. The fourth-order valence-corrected chi connectivity index (χ4v) is 3.28. The molecule has 0 spiro atoms. The van der Waals surface area contributed by atoms with Crippen LogP contribution in [0.15, 0.2) is 73.1 Å². The first kappa shape index (κ1) is 20.9. The van der Waals surface area contributed by atoms with Crippen molar-refractivity contribution in [2.45, 2.75) is 19.6 Å². The van der Waals surface area contributed by atoms with Crippen molar-refractivity contribution in [3.05, 3.63) is 78.7 Å². The fraction of sp³-hybridized carbons (Fsp3) is 0.304. The lowest BCUT2D eigenvalue weighted by Gasteiger charge is -2.22. The third-order valence-electron chi connectivity index (χ3n) is 4.73. The number of aromatic nitrogens is 2. The highest BCUT2D eigenvalue weighted by Crippen LogP contribution is 2.27. The number of hydrogen-bond acceptors (Lipinski definition) is 5. The standard InChI is InChI=1S/C23H26FN3O2/c1-4-6-20(17(3)24)19(14-23-28-11-12-29-23)15-25-22-10-9-21(26-27-22)18-8-5-7-16(2)13-18/h4-10,13,19,23H,1,3,11-12,14-15H2,2H3,(H,25,27). The van der Waals surface area contributed by atoms with E-state index in [1.54, 1.807) is 12.2 Å². The summed E-state index contributed by atoms with van der Waals surface area (Å²) >= 11 is 0. The van der Waals surface area contributed by atoms with Crippen molar-refractivity contribution in [3.63, 3.8) is 0 Å². The van der Waals surface area contributed by atoms with E-state index in [-0.39, 0.29) is 12.2 Å². The van der Waals surface area contributed by atoms with Gasteiger partial charge in [-0.05, 0) is 30.7 Å². The van der Waals surface area contributed by atoms with Gasteiger partial charge in [0, 0.05) is 24.4 Å². The highest BCUT2D eigenvalue weighted by Gasteiger charge is 2.25. The maximum absolute atomic E-state index is 14.0. The highest BCUT2D eigenvalue weighted by atomic mass is 19.1. The zero-order valence-corrected chi connectivity index (χ0v) is 16.6. The second-order valence-corrected chi connectivity index (χ2v) is 6.92. The van der Waals surface area contributed by atoms with Crippen LogP contribution in [0.3, 0.4) is 0 Å². The molecule has 1 N–H and O–H groups in total. The molecular formula is C23H26FN3O2. The first-order valence-electron chi connectivity index (χ1n) is 9.62. The fourth-order valence-electron chi connectivity index (χ4n) is 3.28. The largest absolute Gasteiger partial charge is 0.368 e. The van der Waals surface area contributed by atoms with Crippen LogP contribution in [0.1, 0.15) is 12.0 Å². The third-order valence-corrected chi connectivity index (χ3v) is 4.73. The zero-order chi connectivity index (χ0) is 20.6. The predicted octanol–water partition coefficient (Wildman–Crippen LogP) is 4.84. The van der Waals surface area contributed by atoms with Crippen molar-refractivity contribution in [2.24, 2.45) is 5.92 Å². The molecule has 0 aliphatic carbocycles. The number of anilines is 1. The molecule has 5 nitrogen and oxygen atoms in total. The summed E-state index contributed by atoms with van der Waals surface area (Å²) < 4.78 is 25.1. The molecular weight excluding hydrogens is 369 g/mol. The zero-order valence-electron chi connectivity index (χ0n) is 16.6. The van der Waals surface area contributed by atoms with Crippen LogP contribution >= 0.6 is 0 Å². The van der Waals surface area contributed by atoms with Crippen molar-refractivity contribution in [3.8, 4) is 11.3 Å². The molecule has 1 atom stereocenters. The van der Waals surface area contributed by atoms with Gasteiger partial charge in [0.05, 0.1) is 18.9 Å². The summed E-state index contributed by atoms with van der Waals surface area (Å²) in [7, 11) is 0. The SMILES string of the molecule is C=CC=C(C(=C)F)C(CNc1ccc(-c2cccc(C)c2)nn1)CC1OCCO1. The second kappa shape index (κ2) is 10.1. The number of aryl methyl sites for hydroxylation is 1. The van der Waals surface area contributed by atoms with Gasteiger partial charge >= 0.3 is 0 Å². The van der Waals surface area contributed by atoms with E-state index in [0.717, 1.165) is 11.3 Å². The van der Waals surface area contributed by atoms with Crippen molar-refractivity contribution in [2.75, 3.05) is 25.1 Å². The summed E-state index contributed by atoms with van der Waals surface area (Å²) in [4.78, 5) is 0. The molecule has 1 fully saturated rings. The predicted molar refractivity (Wildman–Crippen MR) is 113 cm³/mol. The molecule has 6 heteroatoms. The molecule has 1 aromatic heterocycles. The van der Waals surface area contributed by atoms with E-state index in [2.05, 4.69) is 34.7 Å². The minimum Gasteiger partial charge on any atom is -0.368 e. The number of halogens is 1. The molecule has 1 unspecified atom stereocenters. The van der Waals surface area contributed by atoms with E-state index in [1.165, 1.54) is 5.56 Å². The summed E-state index contributed by atoms with van der Waals surface area (Å²) in [5.74, 6) is -0.0930. The second-order valence-electron chi connectivity index (χ2n) is 6.92. The smallest absolute Gasteiger partial charge is 0.158 e. The van der Waals surface area contributed by atoms with Gasteiger partial charge in [0.25, 0.3) is 0 Å². The monoisotopic (exact) mass is 395 g/mol. The van der Waals surface area contributed by atoms with Crippen LogP contribution in [-0.4, -0.2) is 36.2 Å². The number of hydrogen-bond donors (Lipinski definition) is 1. The molecule has 1 aliphatic heterocycles. The Morgan fingerprint density at radius 1 is 1.28 bits per heavy atom. The Hall–Kier alpha value is -2.83. The van der Waals surface area contributed by atoms with Gasteiger partial charge in [-0.1, -0.05) is 49.1 Å². The van der Waals surface area contributed by atoms with Gasteiger partial charge in [-0.2, -0.15) is 0 Å². The van der Waals surface area contributed by atoms with Gasteiger partial charge in [-0.15, -0.1) is 10.2 Å². The molecule has 1 saturated heterocycles. The molecule has 29 heavy (non-hydrogen) atoms. The van der Waals surface area contributed by atoms with Gasteiger partial charge in [-0.25, -0.2) is 4.39 Å². The number of allylic oxidation sites excluding steroid dienone is 3. The maximum Gasteiger partial charge on any atom is 0.158 e. The number of nitrogens with zero attached hydrogens (tertiary/aromatic N) is 2. The quantitative estimate of drug-likeness (QED) is 0.616. The lowest BCUT2D eigenvalue weighted by atomic mass is 9.93. The molecule has 0 amide bonds. The Kier molecular flexibility index (Phi) is 7.27. The summed E-state index contributed by atoms with van der Waals surface area (Å²) in [6.07, 6.45) is 3.34.